The Hall–Kier alpha value is -1.66. The van der Waals surface area contributed by atoms with Crippen molar-refractivity contribution in [3.8, 4) is 11.5 Å². The lowest BCUT2D eigenvalue weighted by Crippen LogP contribution is -2.16. The predicted octanol–water partition coefficient (Wildman–Crippen LogP) is 1.23. The summed E-state index contributed by atoms with van der Waals surface area (Å²) in [5.41, 5.74) is 12.1. The molecule has 2 aromatic rings. The number of nitrogens with zero attached hydrogens (tertiary/aromatic N) is 1. The highest BCUT2D eigenvalue weighted by molar-refractivity contribution is 14.1. The molecule has 1 aromatic heterocycles. The number of ether oxygens (including phenoxy) is 1. The van der Waals surface area contributed by atoms with E-state index in [-0.39, 0.29) is 28.3 Å². The molecule has 10 heteroatoms. The molecule has 1 aromatic carbocycles. The van der Waals surface area contributed by atoms with E-state index in [0.717, 1.165) is 5.56 Å². The highest BCUT2D eigenvalue weighted by Gasteiger charge is 2.20. The van der Waals surface area contributed by atoms with Crippen molar-refractivity contribution in [2.45, 2.75) is 24.7 Å². The number of rotatable bonds is 4. The molecule has 0 saturated carbocycles. The van der Waals surface area contributed by atoms with Gasteiger partial charge in [0.1, 0.15) is 11.9 Å². The van der Waals surface area contributed by atoms with Crippen LogP contribution in [0.1, 0.15) is 25.3 Å². The molecular formula is C13H17IN5O3S+. The molecular weight excluding hydrogens is 433 g/mol. The smallest absolute Gasteiger partial charge is 0.389 e. The third-order valence-corrected chi connectivity index (χ3v) is 5.27. The number of nitrogen functional groups attached to an aromatic ring is 2. The van der Waals surface area contributed by atoms with Crippen molar-refractivity contribution in [3.05, 3.63) is 27.5 Å². The Bertz CT molecular complexity index is 855. The Balaban J connectivity index is 2.59. The summed E-state index contributed by atoms with van der Waals surface area (Å²) in [5, 5.41) is 5.25. The zero-order chi connectivity index (χ0) is 17.4. The lowest BCUT2D eigenvalue weighted by Gasteiger charge is -2.16. The van der Waals surface area contributed by atoms with Gasteiger partial charge in [0.15, 0.2) is 0 Å². The average molecular weight is 450 g/mol. The zero-order valence-corrected chi connectivity index (χ0v) is 15.5. The summed E-state index contributed by atoms with van der Waals surface area (Å²) in [6, 6.07) is 3.12. The standard InChI is InChI=1S/C13H16IN5O3S/c1-6(2)7-3-8(14)11(23(17,20)21)4-9(7)22-10-5-18-13(16)19-12(10)15/h3-6H,1-2H3,(H2,17,20,21)(H4,15,16,18,19)/p+1. The van der Waals surface area contributed by atoms with Crippen LogP contribution in [0, 0.1) is 3.57 Å². The Morgan fingerprint density at radius 2 is 1.91 bits per heavy atom. The number of anilines is 2. The zero-order valence-electron chi connectivity index (χ0n) is 12.5. The molecule has 0 unspecified atom stereocenters. The second kappa shape index (κ2) is 6.45. The first-order chi connectivity index (χ1) is 10.6. The second-order valence-electron chi connectivity index (χ2n) is 5.16. The van der Waals surface area contributed by atoms with Crippen LogP contribution in [0.2, 0.25) is 0 Å². The van der Waals surface area contributed by atoms with Crippen molar-refractivity contribution in [1.29, 1.82) is 0 Å². The van der Waals surface area contributed by atoms with Gasteiger partial charge in [0.25, 0.3) is 0 Å². The summed E-state index contributed by atoms with van der Waals surface area (Å²) >= 11 is 1.93. The van der Waals surface area contributed by atoms with Gasteiger partial charge in [-0.3, -0.25) is 5.73 Å². The van der Waals surface area contributed by atoms with E-state index < -0.39 is 10.0 Å². The van der Waals surface area contributed by atoms with Crippen LogP contribution >= 0.6 is 22.6 Å². The van der Waals surface area contributed by atoms with Crippen LogP contribution in [0.3, 0.4) is 0 Å². The van der Waals surface area contributed by atoms with Crippen LogP contribution in [0.15, 0.2) is 23.2 Å². The normalized spacial score (nSPS) is 11.7. The largest absolute Gasteiger partial charge is 0.448 e. The molecule has 0 spiro atoms. The number of benzene rings is 1. The van der Waals surface area contributed by atoms with Crippen molar-refractivity contribution in [2.75, 3.05) is 11.5 Å². The summed E-state index contributed by atoms with van der Waals surface area (Å²) < 4.78 is 29.7. The van der Waals surface area contributed by atoms with Crippen LogP contribution < -0.4 is 26.3 Å². The summed E-state index contributed by atoms with van der Waals surface area (Å²) in [6.45, 7) is 3.93. The Kier molecular flexibility index (Phi) is 4.96. The number of aromatic amines is 1. The van der Waals surface area contributed by atoms with E-state index in [1.54, 1.807) is 6.07 Å². The van der Waals surface area contributed by atoms with E-state index in [1.165, 1.54) is 12.3 Å². The van der Waals surface area contributed by atoms with Gasteiger partial charge in [0.2, 0.25) is 21.6 Å². The number of hydrogen-bond acceptors (Lipinski definition) is 6. The lowest BCUT2D eigenvalue weighted by atomic mass is 10.0. The molecule has 2 rings (SSSR count). The molecule has 7 N–H and O–H groups in total. The number of primary sulfonamides is 1. The molecule has 124 valence electrons. The van der Waals surface area contributed by atoms with E-state index in [9.17, 15) is 8.42 Å². The summed E-state index contributed by atoms with van der Waals surface area (Å²) in [5.74, 6) is 0.914. The number of hydrogen-bond donors (Lipinski definition) is 3. The first-order valence-corrected chi connectivity index (χ1v) is 9.20. The van der Waals surface area contributed by atoms with Gasteiger partial charge in [-0.1, -0.05) is 13.8 Å². The van der Waals surface area contributed by atoms with Gasteiger partial charge in [-0.25, -0.2) is 18.5 Å². The van der Waals surface area contributed by atoms with Crippen LogP contribution in [0.25, 0.3) is 0 Å². The first-order valence-electron chi connectivity index (χ1n) is 6.57. The highest BCUT2D eigenvalue weighted by Crippen LogP contribution is 2.36. The molecule has 0 amide bonds. The van der Waals surface area contributed by atoms with Crippen molar-refractivity contribution >= 4 is 44.4 Å². The predicted molar refractivity (Wildman–Crippen MR) is 94.3 cm³/mol. The fourth-order valence-electron chi connectivity index (χ4n) is 1.94. The number of sulfonamides is 1. The lowest BCUT2D eigenvalue weighted by molar-refractivity contribution is -0.365. The Morgan fingerprint density at radius 3 is 2.43 bits per heavy atom. The van der Waals surface area contributed by atoms with Gasteiger partial charge in [-0.2, -0.15) is 0 Å². The van der Waals surface area contributed by atoms with Crippen LogP contribution in [-0.4, -0.2) is 13.4 Å². The van der Waals surface area contributed by atoms with Gasteiger partial charge in [-0.15, -0.1) is 0 Å². The molecule has 0 bridgehead atoms. The molecule has 0 aliphatic rings. The van der Waals surface area contributed by atoms with Gasteiger partial charge in [-0.05, 0) is 45.1 Å². The molecule has 23 heavy (non-hydrogen) atoms. The molecule has 0 aliphatic carbocycles. The van der Waals surface area contributed by atoms with E-state index in [4.69, 9.17) is 21.3 Å². The SMILES string of the molecule is CC(C)c1cc(I)c(S(N)(=O)=O)cc1Oc1c[nH+]c(N)nc1N. The quantitative estimate of drug-likeness (QED) is 0.597. The maximum Gasteiger partial charge on any atom is 0.389 e. The topological polar surface area (TPSA) is 148 Å². The Morgan fingerprint density at radius 1 is 1.26 bits per heavy atom. The van der Waals surface area contributed by atoms with Gasteiger partial charge in [0.05, 0.1) is 4.90 Å². The van der Waals surface area contributed by atoms with Crippen LogP contribution in [0.5, 0.6) is 11.5 Å². The second-order valence-corrected chi connectivity index (χ2v) is 7.85. The highest BCUT2D eigenvalue weighted by atomic mass is 127. The summed E-state index contributed by atoms with van der Waals surface area (Å²) in [7, 11) is -3.87. The molecule has 0 saturated heterocycles. The van der Waals surface area contributed by atoms with Crippen molar-refractivity contribution in [3.63, 3.8) is 0 Å². The van der Waals surface area contributed by atoms with Gasteiger partial charge >= 0.3 is 5.95 Å². The fraction of sp³-hybridized carbons (Fsp3) is 0.231. The average Bonchev–Trinajstić information content (AvgIpc) is 2.41. The van der Waals surface area contributed by atoms with E-state index in [2.05, 4.69) is 9.97 Å². The van der Waals surface area contributed by atoms with Crippen LogP contribution in [0.4, 0.5) is 11.8 Å². The molecule has 8 nitrogen and oxygen atoms in total. The number of H-pyrrole nitrogens is 1. The number of halogens is 1. The maximum absolute atomic E-state index is 11.7. The molecule has 0 radical (unpaired) electrons. The van der Waals surface area contributed by atoms with E-state index in [0.29, 0.717) is 9.32 Å². The first kappa shape index (κ1) is 17.7. The van der Waals surface area contributed by atoms with Gasteiger partial charge < -0.3 is 10.5 Å². The van der Waals surface area contributed by atoms with Crippen molar-refractivity contribution in [2.24, 2.45) is 5.14 Å². The maximum atomic E-state index is 11.7. The van der Waals surface area contributed by atoms with Gasteiger partial charge in [0, 0.05) is 9.64 Å². The third kappa shape index (κ3) is 4.00. The summed E-state index contributed by atoms with van der Waals surface area (Å²) in [6.07, 6.45) is 1.45. The monoisotopic (exact) mass is 450 g/mol. The van der Waals surface area contributed by atoms with E-state index in [1.807, 2.05) is 36.4 Å². The molecule has 0 fully saturated rings. The van der Waals surface area contributed by atoms with Crippen LogP contribution in [-0.2, 0) is 10.0 Å². The summed E-state index contributed by atoms with van der Waals surface area (Å²) in [4.78, 5) is 6.54. The fourth-order valence-corrected chi connectivity index (χ4v) is 3.95. The molecule has 0 atom stereocenters. The molecule has 0 aliphatic heterocycles. The van der Waals surface area contributed by atoms with Crippen molar-refractivity contribution < 1.29 is 18.1 Å². The number of nitrogens with one attached hydrogen (secondary N) is 1. The van der Waals surface area contributed by atoms with Crippen molar-refractivity contribution in [1.82, 2.24) is 4.98 Å². The molecule has 1 heterocycles. The minimum Gasteiger partial charge on any atom is -0.448 e. The minimum absolute atomic E-state index is 0.0107. The number of aromatic nitrogens is 2. The third-order valence-electron chi connectivity index (χ3n) is 3.06. The Labute approximate surface area is 147 Å². The van der Waals surface area contributed by atoms with E-state index >= 15 is 0 Å². The minimum atomic E-state index is -3.87. The number of nitrogens with two attached hydrogens (primary N) is 3.